The predicted octanol–water partition coefficient (Wildman–Crippen LogP) is 3.28. The van der Waals surface area contributed by atoms with Crippen LogP contribution in [-0.2, 0) is 0 Å². The summed E-state index contributed by atoms with van der Waals surface area (Å²) >= 11 is 0. The first-order valence-corrected chi connectivity index (χ1v) is 6.07. The largest absolute Gasteiger partial charge is 0.478 e. The molecule has 6 heteroatoms. The van der Waals surface area contributed by atoms with Gasteiger partial charge in [0.15, 0.2) is 0 Å². The number of benzene rings is 1. The van der Waals surface area contributed by atoms with Crippen molar-refractivity contribution in [3.05, 3.63) is 33.9 Å². The summed E-state index contributed by atoms with van der Waals surface area (Å²) in [4.78, 5) is 21.4. The molecule has 104 valence electrons. The van der Waals surface area contributed by atoms with Crippen molar-refractivity contribution in [2.24, 2.45) is 0 Å². The maximum atomic E-state index is 11.0. The lowest BCUT2D eigenvalue weighted by molar-refractivity contribution is -0.384. The molecule has 0 fully saturated rings. The second-order valence-corrected chi connectivity index (χ2v) is 5.05. The third-order valence-electron chi connectivity index (χ3n) is 2.79. The molecule has 0 atom stereocenters. The van der Waals surface area contributed by atoms with Gasteiger partial charge in [0.05, 0.1) is 10.5 Å². The van der Waals surface area contributed by atoms with Gasteiger partial charge in [0, 0.05) is 11.6 Å². The van der Waals surface area contributed by atoms with Crippen LogP contribution in [0.25, 0.3) is 0 Å². The standard InChI is InChI=1S/C13H18N2O4/c1-4-7-13(2,3)14-10-8-9(12(16)17)5-6-11(10)15(18)19/h5-6,8,14H,4,7H2,1-3H3,(H,16,17). The van der Waals surface area contributed by atoms with Gasteiger partial charge in [-0.3, -0.25) is 10.1 Å². The first kappa shape index (κ1) is 14.9. The van der Waals surface area contributed by atoms with Crippen molar-refractivity contribution in [3.8, 4) is 0 Å². The van der Waals surface area contributed by atoms with Crippen LogP contribution in [0.5, 0.6) is 0 Å². The van der Waals surface area contributed by atoms with Crippen molar-refractivity contribution >= 4 is 17.3 Å². The summed E-state index contributed by atoms with van der Waals surface area (Å²) in [7, 11) is 0. The Hall–Kier alpha value is -2.11. The van der Waals surface area contributed by atoms with E-state index in [-0.39, 0.29) is 22.5 Å². The molecule has 0 radical (unpaired) electrons. The highest BCUT2D eigenvalue weighted by molar-refractivity contribution is 5.90. The number of nitrogens with one attached hydrogen (secondary N) is 1. The van der Waals surface area contributed by atoms with Crippen LogP contribution in [0.15, 0.2) is 18.2 Å². The minimum Gasteiger partial charge on any atom is -0.478 e. The van der Waals surface area contributed by atoms with Crippen molar-refractivity contribution < 1.29 is 14.8 Å². The Morgan fingerprint density at radius 3 is 2.58 bits per heavy atom. The lowest BCUT2D eigenvalue weighted by Gasteiger charge is -2.27. The van der Waals surface area contributed by atoms with E-state index in [4.69, 9.17) is 5.11 Å². The molecule has 1 aromatic rings. The first-order chi connectivity index (χ1) is 8.76. The zero-order valence-electron chi connectivity index (χ0n) is 11.3. The number of hydrogen-bond acceptors (Lipinski definition) is 4. The van der Waals surface area contributed by atoms with Gasteiger partial charge in [-0.15, -0.1) is 0 Å². The second-order valence-electron chi connectivity index (χ2n) is 5.05. The number of aromatic carboxylic acids is 1. The average molecular weight is 266 g/mol. The molecule has 0 aliphatic rings. The number of nitrogens with zero attached hydrogens (tertiary/aromatic N) is 1. The number of anilines is 1. The van der Waals surface area contributed by atoms with Gasteiger partial charge in [-0.25, -0.2) is 4.79 Å². The highest BCUT2D eigenvalue weighted by Crippen LogP contribution is 2.29. The number of carboxylic acid groups (broad SMARTS) is 1. The fourth-order valence-corrected chi connectivity index (χ4v) is 1.98. The zero-order valence-corrected chi connectivity index (χ0v) is 11.3. The monoisotopic (exact) mass is 266 g/mol. The molecule has 0 heterocycles. The molecule has 0 unspecified atom stereocenters. The van der Waals surface area contributed by atoms with E-state index < -0.39 is 10.9 Å². The molecule has 0 amide bonds. The highest BCUT2D eigenvalue weighted by atomic mass is 16.6. The van der Waals surface area contributed by atoms with Crippen LogP contribution < -0.4 is 5.32 Å². The fraction of sp³-hybridized carbons (Fsp3) is 0.462. The summed E-state index contributed by atoms with van der Waals surface area (Å²) in [6.07, 6.45) is 1.74. The summed E-state index contributed by atoms with van der Waals surface area (Å²) < 4.78 is 0. The van der Waals surface area contributed by atoms with E-state index in [1.807, 2.05) is 20.8 Å². The molecule has 1 aromatic carbocycles. The van der Waals surface area contributed by atoms with E-state index in [2.05, 4.69) is 5.32 Å². The molecule has 19 heavy (non-hydrogen) atoms. The Morgan fingerprint density at radius 1 is 1.47 bits per heavy atom. The first-order valence-electron chi connectivity index (χ1n) is 6.07. The fourth-order valence-electron chi connectivity index (χ4n) is 1.98. The molecule has 0 bridgehead atoms. The number of carbonyl (C=O) groups is 1. The molecule has 0 spiro atoms. The van der Waals surface area contributed by atoms with Crippen LogP contribution in [0.1, 0.15) is 44.0 Å². The third kappa shape index (κ3) is 3.94. The maximum Gasteiger partial charge on any atom is 0.335 e. The Bertz CT molecular complexity index is 497. The highest BCUT2D eigenvalue weighted by Gasteiger charge is 2.23. The Morgan fingerprint density at radius 2 is 2.11 bits per heavy atom. The van der Waals surface area contributed by atoms with Gasteiger partial charge in [0.1, 0.15) is 5.69 Å². The Labute approximate surface area is 111 Å². The third-order valence-corrected chi connectivity index (χ3v) is 2.79. The summed E-state index contributed by atoms with van der Waals surface area (Å²) in [6.45, 7) is 5.87. The van der Waals surface area contributed by atoms with Crippen molar-refractivity contribution in [1.82, 2.24) is 0 Å². The number of carboxylic acids is 1. The molecule has 0 aromatic heterocycles. The van der Waals surface area contributed by atoms with Crippen LogP contribution in [-0.4, -0.2) is 21.5 Å². The van der Waals surface area contributed by atoms with E-state index >= 15 is 0 Å². The summed E-state index contributed by atoms with van der Waals surface area (Å²) in [6, 6.07) is 3.75. The molecular formula is C13H18N2O4. The van der Waals surface area contributed by atoms with Gasteiger partial charge in [-0.1, -0.05) is 13.3 Å². The topological polar surface area (TPSA) is 92.5 Å². The second kappa shape index (κ2) is 5.69. The van der Waals surface area contributed by atoms with Crippen LogP contribution in [0.3, 0.4) is 0 Å². The normalized spacial score (nSPS) is 11.1. The van der Waals surface area contributed by atoms with Crippen molar-refractivity contribution in [3.63, 3.8) is 0 Å². The Kier molecular flexibility index (Phi) is 4.47. The summed E-state index contributed by atoms with van der Waals surface area (Å²) in [5.74, 6) is -1.11. The van der Waals surface area contributed by atoms with Crippen LogP contribution in [0.2, 0.25) is 0 Å². The number of rotatable bonds is 6. The van der Waals surface area contributed by atoms with Crippen LogP contribution in [0.4, 0.5) is 11.4 Å². The van der Waals surface area contributed by atoms with Crippen molar-refractivity contribution in [2.45, 2.75) is 39.2 Å². The van der Waals surface area contributed by atoms with Crippen molar-refractivity contribution in [2.75, 3.05) is 5.32 Å². The SMILES string of the molecule is CCCC(C)(C)Nc1cc(C(=O)O)ccc1[N+](=O)[O-]. The van der Waals surface area contributed by atoms with E-state index in [9.17, 15) is 14.9 Å². The van der Waals surface area contributed by atoms with E-state index in [0.29, 0.717) is 0 Å². The summed E-state index contributed by atoms with van der Waals surface area (Å²) in [5.41, 5.74) is -0.186. The molecule has 1 rings (SSSR count). The van der Waals surface area contributed by atoms with E-state index in [1.165, 1.54) is 18.2 Å². The molecule has 0 saturated heterocycles. The number of hydrogen-bond donors (Lipinski definition) is 2. The average Bonchev–Trinajstić information content (AvgIpc) is 2.27. The van der Waals surface area contributed by atoms with E-state index in [0.717, 1.165) is 12.8 Å². The minimum atomic E-state index is -1.11. The van der Waals surface area contributed by atoms with Gasteiger partial charge in [0.2, 0.25) is 0 Å². The number of nitro groups is 1. The molecular weight excluding hydrogens is 248 g/mol. The predicted molar refractivity (Wildman–Crippen MR) is 72.7 cm³/mol. The zero-order chi connectivity index (χ0) is 14.6. The Balaban J connectivity index is 3.18. The minimum absolute atomic E-state index is 0.0281. The maximum absolute atomic E-state index is 11.0. The molecule has 0 saturated carbocycles. The van der Waals surface area contributed by atoms with Gasteiger partial charge in [-0.05, 0) is 32.4 Å². The van der Waals surface area contributed by atoms with Crippen LogP contribution >= 0.6 is 0 Å². The molecule has 0 aliphatic heterocycles. The van der Waals surface area contributed by atoms with Crippen LogP contribution in [0, 0.1) is 10.1 Å². The molecule has 6 nitrogen and oxygen atoms in total. The van der Waals surface area contributed by atoms with E-state index in [1.54, 1.807) is 0 Å². The number of nitro benzene ring substituents is 1. The van der Waals surface area contributed by atoms with Gasteiger partial charge in [-0.2, -0.15) is 0 Å². The van der Waals surface area contributed by atoms with Gasteiger partial charge < -0.3 is 10.4 Å². The van der Waals surface area contributed by atoms with Gasteiger partial charge >= 0.3 is 5.97 Å². The lowest BCUT2D eigenvalue weighted by Crippen LogP contribution is -2.30. The van der Waals surface area contributed by atoms with Crippen molar-refractivity contribution in [1.29, 1.82) is 0 Å². The smallest absolute Gasteiger partial charge is 0.335 e. The molecule has 0 aliphatic carbocycles. The summed E-state index contributed by atoms with van der Waals surface area (Å²) in [5, 5.41) is 23.0. The quantitative estimate of drug-likeness (QED) is 0.608. The molecule has 2 N–H and O–H groups in total. The van der Waals surface area contributed by atoms with Gasteiger partial charge in [0.25, 0.3) is 5.69 Å². The lowest BCUT2D eigenvalue weighted by atomic mass is 9.98.